The summed E-state index contributed by atoms with van der Waals surface area (Å²) in [5.74, 6) is 1.16. The molecule has 1 saturated heterocycles. The Morgan fingerprint density at radius 1 is 1.29 bits per heavy atom. The molecule has 3 rings (SSSR count). The molecule has 0 aliphatic carbocycles. The normalized spacial score (nSPS) is 20.0. The van der Waals surface area contributed by atoms with Crippen molar-refractivity contribution >= 4 is 0 Å². The second kappa shape index (κ2) is 6.41. The number of piperazine rings is 1. The third kappa shape index (κ3) is 3.17. The van der Waals surface area contributed by atoms with Crippen molar-refractivity contribution in [3.05, 3.63) is 54.1 Å². The minimum absolute atomic E-state index is 0.428. The number of hydrogen-bond acceptors (Lipinski definition) is 3. The van der Waals surface area contributed by atoms with Gasteiger partial charge in [-0.2, -0.15) is 0 Å². The second-order valence-electron chi connectivity index (χ2n) is 5.95. The fraction of sp³-hybridized carbons (Fsp3) is 0.471. The van der Waals surface area contributed by atoms with Crippen LogP contribution in [0, 0.1) is 0 Å². The maximum Gasteiger partial charge on any atom is 0.123 e. The zero-order valence-corrected chi connectivity index (χ0v) is 12.9. The SMILES string of the molecule is CC(C)n1ccnc1CN1CCNCC1c1ccccc1. The van der Waals surface area contributed by atoms with Gasteiger partial charge in [0.15, 0.2) is 0 Å². The van der Waals surface area contributed by atoms with Gasteiger partial charge in [-0.3, -0.25) is 4.90 Å². The summed E-state index contributed by atoms with van der Waals surface area (Å²) in [7, 11) is 0. The van der Waals surface area contributed by atoms with Crippen molar-refractivity contribution in [2.75, 3.05) is 19.6 Å². The number of aromatic nitrogens is 2. The van der Waals surface area contributed by atoms with E-state index in [2.05, 4.69) is 70.1 Å². The van der Waals surface area contributed by atoms with Gasteiger partial charge in [-0.25, -0.2) is 4.98 Å². The van der Waals surface area contributed by atoms with Crippen molar-refractivity contribution in [3.63, 3.8) is 0 Å². The molecule has 1 unspecified atom stereocenters. The Kier molecular flexibility index (Phi) is 4.36. The highest BCUT2D eigenvalue weighted by molar-refractivity contribution is 5.20. The number of nitrogens with zero attached hydrogens (tertiary/aromatic N) is 3. The number of nitrogens with one attached hydrogen (secondary N) is 1. The molecule has 1 aromatic carbocycles. The average Bonchev–Trinajstić information content (AvgIpc) is 2.97. The standard InChI is InChI=1S/C17H24N4/c1-14(2)21-11-9-19-17(21)13-20-10-8-18-12-16(20)15-6-4-3-5-7-15/h3-7,9,11,14,16,18H,8,10,12-13H2,1-2H3. The molecular formula is C17H24N4. The van der Waals surface area contributed by atoms with E-state index < -0.39 is 0 Å². The highest BCUT2D eigenvalue weighted by Crippen LogP contribution is 2.24. The van der Waals surface area contributed by atoms with Crippen molar-refractivity contribution in [1.82, 2.24) is 19.8 Å². The minimum Gasteiger partial charge on any atom is -0.331 e. The zero-order valence-electron chi connectivity index (χ0n) is 12.9. The Morgan fingerprint density at radius 2 is 2.10 bits per heavy atom. The van der Waals surface area contributed by atoms with E-state index in [0.717, 1.165) is 32.0 Å². The molecule has 1 N–H and O–H groups in total. The van der Waals surface area contributed by atoms with Gasteiger partial charge in [0.25, 0.3) is 0 Å². The van der Waals surface area contributed by atoms with Crippen molar-refractivity contribution in [1.29, 1.82) is 0 Å². The lowest BCUT2D eigenvalue weighted by Gasteiger charge is -2.36. The first-order valence-electron chi connectivity index (χ1n) is 7.77. The van der Waals surface area contributed by atoms with Crippen LogP contribution in [0.15, 0.2) is 42.7 Å². The fourth-order valence-corrected chi connectivity index (χ4v) is 3.06. The molecule has 1 fully saturated rings. The predicted molar refractivity (Wildman–Crippen MR) is 85.1 cm³/mol. The maximum atomic E-state index is 4.56. The van der Waals surface area contributed by atoms with Crippen molar-refractivity contribution in [3.8, 4) is 0 Å². The summed E-state index contributed by atoms with van der Waals surface area (Å²) in [5.41, 5.74) is 1.38. The maximum absolute atomic E-state index is 4.56. The van der Waals surface area contributed by atoms with E-state index in [1.54, 1.807) is 0 Å². The van der Waals surface area contributed by atoms with Crippen LogP contribution in [0.5, 0.6) is 0 Å². The van der Waals surface area contributed by atoms with Gasteiger partial charge in [-0.1, -0.05) is 30.3 Å². The van der Waals surface area contributed by atoms with Gasteiger partial charge in [-0.05, 0) is 19.4 Å². The van der Waals surface area contributed by atoms with E-state index in [0.29, 0.717) is 12.1 Å². The number of hydrogen-bond donors (Lipinski definition) is 1. The molecule has 1 aliphatic rings. The summed E-state index contributed by atoms with van der Waals surface area (Å²) in [6, 6.07) is 11.7. The lowest BCUT2D eigenvalue weighted by molar-refractivity contribution is 0.147. The van der Waals surface area contributed by atoms with Crippen LogP contribution in [0.1, 0.15) is 37.3 Å². The lowest BCUT2D eigenvalue weighted by atomic mass is 10.0. The molecule has 0 saturated carbocycles. The quantitative estimate of drug-likeness (QED) is 0.937. The molecule has 2 aromatic rings. The lowest BCUT2D eigenvalue weighted by Crippen LogP contribution is -2.45. The topological polar surface area (TPSA) is 33.1 Å². The van der Waals surface area contributed by atoms with E-state index in [1.165, 1.54) is 5.56 Å². The summed E-state index contributed by atoms with van der Waals surface area (Å²) in [6.45, 7) is 8.43. The molecule has 21 heavy (non-hydrogen) atoms. The summed E-state index contributed by atoms with van der Waals surface area (Å²) >= 11 is 0. The molecule has 1 aromatic heterocycles. The first-order chi connectivity index (χ1) is 10.3. The van der Waals surface area contributed by atoms with E-state index in [-0.39, 0.29) is 0 Å². The zero-order chi connectivity index (χ0) is 14.7. The Bertz CT molecular complexity index is 561. The predicted octanol–water partition coefficient (Wildman–Crippen LogP) is 2.61. The van der Waals surface area contributed by atoms with Crippen LogP contribution in [0.25, 0.3) is 0 Å². The number of imidazole rings is 1. The summed E-state index contributed by atoms with van der Waals surface area (Å²) in [4.78, 5) is 7.10. The highest BCUT2D eigenvalue weighted by atomic mass is 15.2. The highest BCUT2D eigenvalue weighted by Gasteiger charge is 2.24. The smallest absolute Gasteiger partial charge is 0.123 e. The van der Waals surface area contributed by atoms with Gasteiger partial charge < -0.3 is 9.88 Å². The molecule has 1 atom stereocenters. The number of rotatable bonds is 4. The Morgan fingerprint density at radius 3 is 2.86 bits per heavy atom. The van der Waals surface area contributed by atoms with Gasteiger partial charge >= 0.3 is 0 Å². The van der Waals surface area contributed by atoms with E-state index in [9.17, 15) is 0 Å². The van der Waals surface area contributed by atoms with Crippen LogP contribution in [-0.4, -0.2) is 34.1 Å². The Labute approximate surface area is 126 Å². The molecular weight excluding hydrogens is 260 g/mol. The molecule has 0 radical (unpaired) electrons. The summed E-state index contributed by atoms with van der Waals surface area (Å²) in [5, 5.41) is 3.51. The van der Waals surface area contributed by atoms with E-state index in [4.69, 9.17) is 0 Å². The van der Waals surface area contributed by atoms with Crippen LogP contribution in [-0.2, 0) is 6.54 Å². The molecule has 1 aliphatic heterocycles. The van der Waals surface area contributed by atoms with Gasteiger partial charge in [0.05, 0.1) is 6.54 Å². The van der Waals surface area contributed by atoms with Gasteiger partial charge in [0, 0.05) is 44.1 Å². The van der Waals surface area contributed by atoms with Gasteiger partial charge in [-0.15, -0.1) is 0 Å². The molecule has 4 nitrogen and oxygen atoms in total. The first kappa shape index (κ1) is 14.3. The van der Waals surface area contributed by atoms with Crippen molar-refractivity contribution in [2.24, 2.45) is 0 Å². The summed E-state index contributed by atoms with van der Waals surface area (Å²) < 4.78 is 2.27. The number of benzene rings is 1. The third-order valence-electron chi connectivity index (χ3n) is 4.19. The minimum atomic E-state index is 0.428. The van der Waals surface area contributed by atoms with Gasteiger partial charge in [0.1, 0.15) is 5.82 Å². The third-order valence-corrected chi connectivity index (χ3v) is 4.19. The molecule has 0 amide bonds. The second-order valence-corrected chi connectivity index (χ2v) is 5.95. The largest absolute Gasteiger partial charge is 0.331 e. The average molecular weight is 284 g/mol. The molecule has 2 heterocycles. The van der Waals surface area contributed by atoms with Crippen LogP contribution in [0.3, 0.4) is 0 Å². The monoisotopic (exact) mass is 284 g/mol. The van der Waals surface area contributed by atoms with Crippen LogP contribution < -0.4 is 5.32 Å². The van der Waals surface area contributed by atoms with Crippen molar-refractivity contribution in [2.45, 2.75) is 32.5 Å². The van der Waals surface area contributed by atoms with Crippen LogP contribution >= 0.6 is 0 Å². The fourth-order valence-electron chi connectivity index (χ4n) is 3.06. The molecule has 4 heteroatoms. The molecule has 0 spiro atoms. The molecule has 0 bridgehead atoms. The van der Waals surface area contributed by atoms with E-state index in [1.807, 2.05) is 6.20 Å². The van der Waals surface area contributed by atoms with Crippen molar-refractivity contribution < 1.29 is 0 Å². The van der Waals surface area contributed by atoms with Crippen LogP contribution in [0.2, 0.25) is 0 Å². The summed E-state index contributed by atoms with van der Waals surface area (Å²) in [6.07, 6.45) is 3.99. The first-order valence-corrected chi connectivity index (χ1v) is 7.77. The van der Waals surface area contributed by atoms with Crippen LogP contribution in [0.4, 0.5) is 0 Å². The Hall–Kier alpha value is -1.65. The van der Waals surface area contributed by atoms with Gasteiger partial charge in [0.2, 0.25) is 0 Å². The molecule has 112 valence electrons. The Balaban J connectivity index is 1.80. The van der Waals surface area contributed by atoms with E-state index >= 15 is 0 Å².